The van der Waals surface area contributed by atoms with E-state index in [1.54, 1.807) is 6.20 Å². The number of piperidine rings is 1. The molecule has 0 unspecified atom stereocenters. The summed E-state index contributed by atoms with van der Waals surface area (Å²) < 4.78 is 0. The van der Waals surface area contributed by atoms with Crippen molar-refractivity contribution in [3.63, 3.8) is 0 Å². The Labute approximate surface area is 116 Å². The molecule has 0 bridgehead atoms. The van der Waals surface area contributed by atoms with E-state index in [2.05, 4.69) is 50.1 Å². The number of hydrogen-bond acceptors (Lipinski definition) is 3. The maximum atomic E-state index is 4.16. The van der Waals surface area contributed by atoms with E-state index in [1.165, 1.54) is 29.3 Å². The number of rotatable bonds is 2. The largest absolute Gasteiger partial charge is 0.361 e. The topological polar surface area (TPSA) is 69.4 Å². The van der Waals surface area contributed by atoms with Crippen LogP contribution < -0.4 is 5.32 Å². The SMILES string of the molecule is c1cc2[nH]cc(C3CCNCC3)c2cc1-c1cn[nH]n1. The van der Waals surface area contributed by atoms with Crippen LogP contribution in [-0.4, -0.2) is 33.5 Å². The van der Waals surface area contributed by atoms with Crippen molar-refractivity contribution in [2.24, 2.45) is 0 Å². The lowest BCUT2D eigenvalue weighted by Gasteiger charge is -2.22. The Morgan fingerprint density at radius 1 is 1.15 bits per heavy atom. The van der Waals surface area contributed by atoms with Crippen molar-refractivity contribution in [2.75, 3.05) is 13.1 Å². The molecule has 20 heavy (non-hydrogen) atoms. The highest BCUT2D eigenvalue weighted by atomic mass is 15.3. The lowest BCUT2D eigenvalue weighted by Crippen LogP contribution is -2.26. The van der Waals surface area contributed by atoms with E-state index in [0.29, 0.717) is 5.92 Å². The molecule has 3 heterocycles. The molecule has 0 spiro atoms. The third-order valence-corrected chi connectivity index (χ3v) is 4.20. The highest BCUT2D eigenvalue weighted by molar-refractivity contribution is 5.87. The van der Waals surface area contributed by atoms with Gasteiger partial charge in [0.15, 0.2) is 0 Å². The first kappa shape index (κ1) is 11.7. The highest BCUT2D eigenvalue weighted by Crippen LogP contribution is 2.33. The maximum absolute atomic E-state index is 4.16. The summed E-state index contributed by atoms with van der Waals surface area (Å²) >= 11 is 0. The summed E-state index contributed by atoms with van der Waals surface area (Å²) in [5, 5.41) is 15.5. The molecule has 5 heteroatoms. The number of aromatic amines is 2. The highest BCUT2D eigenvalue weighted by Gasteiger charge is 2.18. The molecular weight excluding hydrogens is 250 g/mol. The fourth-order valence-corrected chi connectivity index (χ4v) is 3.11. The van der Waals surface area contributed by atoms with Crippen molar-refractivity contribution >= 4 is 10.9 Å². The number of nitrogens with one attached hydrogen (secondary N) is 3. The molecule has 0 saturated carbocycles. The third-order valence-electron chi connectivity index (χ3n) is 4.20. The number of fused-ring (bicyclic) bond motifs is 1. The van der Waals surface area contributed by atoms with Gasteiger partial charge in [0.2, 0.25) is 0 Å². The summed E-state index contributed by atoms with van der Waals surface area (Å²) in [6.07, 6.45) is 6.35. The van der Waals surface area contributed by atoms with E-state index in [0.717, 1.165) is 24.3 Å². The number of H-pyrrole nitrogens is 2. The van der Waals surface area contributed by atoms with Crippen LogP contribution in [-0.2, 0) is 0 Å². The molecule has 0 aliphatic carbocycles. The van der Waals surface area contributed by atoms with E-state index >= 15 is 0 Å². The van der Waals surface area contributed by atoms with Gasteiger partial charge in [0.1, 0.15) is 5.69 Å². The van der Waals surface area contributed by atoms with Gasteiger partial charge >= 0.3 is 0 Å². The molecule has 4 rings (SSSR count). The number of nitrogens with zero attached hydrogens (tertiary/aromatic N) is 2. The van der Waals surface area contributed by atoms with Crippen molar-refractivity contribution in [1.82, 2.24) is 25.7 Å². The summed E-state index contributed by atoms with van der Waals surface area (Å²) in [6, 6.07) is 6.44. The van der Waals surface area contributed by atoms with Crippen molar-refractivity contribution in [3.05, 3.63) is 36.2 Å². The molecule has 2 aromatic heterocycles. The van der Waals surface area contributed by atoms with Gasteiger partial charge in [-0.1, -0.05) is 6.07 Å². The van der Waals surface area contributed by atoms with Crippen LogP contribution in [0.25, 0.3) is 22.2 Å². The predicted octanol–water partition coefficient (Wildman–Crippen LogP) is 2.42. The third kappa shape index (κ3) is 1.91. The number of hydrogen-bond donors (Lipinski definition) is 3. The molecule has 1 saturated heterocycles. The zero-order chi connectivity index (χ0) is 13.4. The van der Waals surface area contributed by atoms with E-state index in [4.69, 9.17) is 0 Å². The van der Waals surface area contributed by atoms with Crippen LogP contribution in [0.3, 0.4) is 0 Å². The van der Waals surface area contributed by atoms with Gasteiger partial charge < -0.3 is 10.3 Å². The molecule has 0 radical (unpaired) electrons. The summed E-state index contributed by atoms with van der Waals surface area (Å²) in [5.74, 6) is 0.651. The zero-order valence-corrected chi connectivity index (χ0v) is 11.2. The Morgan fingerprint density at radius 3 is 2.85 bits per heavy atom. The van der Waals surface area contributed by atoms with Gasteiger partial charge in [0, 0.05) is 22.7 Å². The minimum Gasteiger partial charge on any atom is -0.361 e. The van der Waals surface area contributed by atoms with E-state index < -0.39 is 0 Å². The van der Waals surface area contributed by atoms with E-state index in [9.17, 15) is 0 Å². The van der Waals surface area contributed by atoms with Gasteiger partial charge in [0.05, 0.1) is 6.20 Å². The average molecular weight is 267 g/mol. The Bertz CT molecular complexity index is 707. The first-order chi connectivity index (χ1) is 9.92. The van der Waals surface area contributed by atoms with Crippen molar-refractivity contribution in [2.45, 2.75) is 18.8 Å². The smallest absolute Gasteiger partial charge is 0.112 e. The van der Waals surface area contributed by atoms with Crippen LogP contribution in [0.4, 0.5) is 0 Å². The predicted molar refractivity (Wildman–Crippen MR) is 78.5 cm³/mol. The lowest BCUT2D eigenvalue weighted by atomic mass is 9.89. The second-order valence-electron chi connectivity index (χ2n) is 5.38. The van der Waals surface area contributed by atoms with Crippen LogP contribution in [0.5, 0.6) is 0 Å². The van der Waals surface area contributed by atoms with Crippen molar-refractivity contribution in [1.29, 1.82) is 0 Å². The average Bonchev–Trinajstić information content (AvgIpc) is 3.17. The van der Waals surface area contributed by atoms with Gasteiger partial charge in [0.25, 0.3) is 0 Å². The van der Waals surface area contributed by atoms with Crippen molar-refractivity contribution in [3.8, 4) is 11.3 Å². The molecule has 3 N–H and O–H groups in total. The monoisotopic (exact) mass is 267 g/mol. The quantitative estimate of drug-likeness (QED) is 0.668. The molecule has 102 valence electrons. The minimum atomic E-state index is 0.651. The molecule has 3 aromatic rings. The van der Waals surface area contributed by atoms with Crippen LogP contribution in [0, 0.1) is 0 Å². The second kappa shape index (κ2) is 4.76. The standard InChI is InChI=1S/C15H17N5/c1-2-14-12(7-11(1)15-9-18-20-19-15)13(8-17-14)10-3-5-16-6-4-10/h1-2,7-10,16-17H,3-6H2,(H,18,19,20). The van der Waals surface area contributed by atoms with Crippen LogP contribution in [0.15, 0.2) is 30.6 Å². The zero-order valence-electron chi connectivity index (χ0n) is 11.2. The molecule has 0 atom stereocenters. The van der Waals surface area contributed by atoms with E-state index in [1.807, 2.05) is 0 Å². The molecule has 1 aromatic carbocycles. The summed E-state index contributed by atoms with van der Waals surface area (Å²) in [7, 11) is 0. The van der Waals surface area contributed by atoms with Crippen LogP contribution >= 0.6 is 0 Å². The van der Waals surface area contributed by atoms with Gasteiger partial charge in [-0.15, -0.1) is 0 Å². The minimum absolute atomic E-state index is 0.651. The first-order valence-corrected chi connectivity index (χ1v) is 7.10. The molecule has 1 fully saturated rings. The number of benzene rings is 1. The van der Waals surface area contributed by atoms with Crippen molar-refractivity contribution < 1.29 is 0 Å². The van der Waals surface area contributed by atoms with Gasteiger partial charge in [-0.05, 0) is 49.5 Å². The molecule has 1 aliphatic heterocycles. The summed E-state index contributed by atoms with van der Waals surface area (Å²) in [4.78, 5) is 3.39. The normalized spacial score (nSPS) is 16.8. The molecular formula is C15H17N5. The fourth-order valence-electron chi connectivity index (χ4n) is 3.11. The second-order valence-corrected chi connectivity index (χ2v) is 5.38. The molecule has 1 aliphatic rings. The Hall–Kier alpha value is -2.14. The summed E-state index contributed by atoms with van der Waals surface area (Å²) in [6.45, 7) is 2.22. The Balaban J connectivity index is 1.79. The van der Waals surface area contributed by atoms with Gasteiger partial charge in [-0.2, -0.15) is 15.4 Å². The Morgan fingerprint density at radius 2 is 2.05 bits per heavy atom. The van der Waals surface area contributed by atoms with Gasteiger partial charge in [-0.3, -0.25) is 0 Å². The van der Waals surface area contributed by atoms with Crippen LogP contribution in [0.2, 0.25) is 0 Å². The Kier molecular flexibility index (Phi) is 2.77. The lowest BCUT2D eigenvalue weighted by molar-refractivity contribution is 0.462. The van der Waals surface area contributed by atoms with E-state index in [-0.39, 0.29) is 0 Å². The fraction of sp³-hybridized carbons (Fsp3) is 0.333. The van der Waals surface area contributed by atoms with Crippen LogP contribution in [0.1, 0.15) is 24.3 Å². The summed E-state index contributed by atoms with van der Waals surface area (Å²) in [5.41, 5.74) is 4.64. The molecule has 0 amide bonds. The first-order valence-electron chi connectivity index (χ1n) is 7.10. The van der Waals surface area contributed by atoms with Gasteiger partial charge in [-0.25, -0.2) is 0 Å². The number of aromatic nitrogens is 4. The molecule has 5 nitrogen and oxygen atoms in total. The maximum Gasteiger partial charge on any atom is 0.112 e.